The zero-order valence-corrected chi connectivity index (χ0v) is 16.3. The summed E-state index contributed by atoms with van der Waals surface area (Å²) in [5.74, 6) is 0. The molecule has 0 bridgehead atoms. The molecule has 0 unspecified atom stereocenters. The second-order valence-corrected chi connectivity index (χ2v) is 7.42. The van der Waals surface area contributed by atoms with Crippen LogP contribution in [0, 0.1) is 0 Å². The van der Waals surface area contributed by atoms with Crippen molar-refractivity contribution in [3.05, 3.63) is 70.2 Å². The lowest BCUT2D eigenvalue weighted by atomic mass is 9.86. The zero-order chi connectivity index (χ0) is 17.9. The Balaban J connectivity index is 1.83. The van der Waals surface area contributed by atoms with Gasteiger partial charge < -0.3 is 9.64 Å². The van der Waals surface area contributed by atoms with Crippen LogP contribution < -0.4 is 0 Å². The van der Waals surface area contributed by atoms with Gasteiger partial charge in [-0.25, -0.2) is 4.79 Å². The van der Waals surface area contributed by atoms with Crippen LogP contribution in [0.25, 0.3) is 0 Å². The van der Waals surface area contributed by atoms with E-state index in [2.05, 4.69) is 54.0 Å². The predicted molar refractivity (Wildman–Crippen MR) is 103 cm³/mol. The first-order valence-corrected chi connectivity index (χ1v) is 9.69. The van der Waals surface area contributed by atoms with Crippen LogP contribution >= 0.6 is 15.9 Å². The quantitative estimate of drug-likeness (QED) is 0.610. The van der Waals surface area contributed by atoms with E-state index >= 15 is 0 Å². The van der Waals surface area contributed by atoms with Crippen LogP contribution in [0.15, 0.2) is 59.1 Å². The number of rotatable bonds is 5. The number of ether oxygens (including phenoxy) is 1. The van der Waals surface area contributed by atoms with Crippen molar-refractivity contribution in [2.45, 2.75) is 44.8 Å². The summed E-state index contributed by atoms with van der Waals surface area (Å²) in [7, 11) is 0. The number of halogens is 1. The maximum Gasteiger partial charge on any atom is 0.411 e. The molecule has 1 aliphatic heterocycles. The molecule has 0 radical (unpaired) electrons. The standard InChI is InChI=1S/C21H24BrNO2/c1-3-19(16-10-12-18(22)13-11-16)23-15-14-21(4-2,25-20(23)24)17-8-6-5-7-9-17/h5-13,19H,3-4,14-15H2,1-2H3/t19-,21+/m0/s1. The number of nitrogens with zero attached hydrogens (tertiary/aromatic N) is 1. The number of hydrogen-bond donors (Lipinski definition) is 0. The number of benzene rings is 2. The summed E-state index contributed by atoms with van der Waals surface area (Å²) in [6, 6.07) is 18.3. The third-order valence-electron chi connectivity index (χ3n) is 5.16. The fourth-order valence-corrected chi connectivity index (χ4v) is 3.94. The molecule has 0 N–H and O–H groups in total. The van der Waals surface area contributed by atoms with Crippen LogP contribution in [0.1, 0.15) is 50.3 Å². The molecule has 0 aliphatic carbocycles. The molecule has 4 heteroatoms. The van der Waals surface area contributed by atoms with E-state index in [0.717, 1.165) is 34.9 Å². The highest BCUT2D eigenvalue weighted by atomic mass is 79.9. The Morgan fingerprint density at radius 2 is 1.80 bits per heavy atom. The number of hydrogen-bond acceptors (Lipinski definition) is 2. The summed E-state index contributed by atoms with van der Waals surface area (Å²) in [6.45, 7) is 4.90. The highest BCUT2D eigenvalue weighted by molar-refractivity contribution is 9.10. The first-order chi connectivity index (χ1) is 12.1. The smallest absolute Gasteiger partial charge is 0.411 e. The Hall–Kier alpha value is -1.81. The summed E-state index contributed by atoms with van der Waals surface area (Å²) in [6.07, 6.45) is 2.24. The molecule has 0 saturated carbocycles. The average molecular weight is 402 g/mol. The second-order valence-electron chi connectivity index (χ2n) is 6.50. The molecule has 2 atom stereocenters. The number of amides is 1. The highest BCUT2D eigenvalue weighted by Crippen LogP contribution is 2.40. The van der Waals surface area contributed by atoms with Gasteiger partial charge in [-0.15, -0.1) is 0 Å². The van der Waals surface area contributed by atoms with Crippen LogP contribution in [0.3, 0.4) is 0 Å². The molecule has 25 heavy (non-hydrogen) atoms. The molecule has 3 nitrogen and oxygen atoms in total. The van der Waals surface area contributed by atoms with E-state index in [1.165, 1.54) is 0 Å². The summed E-state index contributed by atoms with van der Waals surface area (Å²) >= 11 is 3.47. The molecular weight excluding hydrogens is 378 g/mol. The monoisotopic (exact) mass is 401 g/mol. The SMILES string of the molecule is CC[C@@H](c1ccc(Br)cc1)N1CC[C@](CC)(c2ccccc2)OC1=O. The van der Waals surface area contributed by atoms with Gasteiger partial charge in [0.15, 0.2) is 0 Å². The molecule has 1 amide bonds. The van der Waals surface area contributed by atoms with Gasteiger partial charge in [0.1, 0.15) is 5.60 Å². The van der Waals surface area contributed by atoms with Crippen LogP contribution in [0.2, 0.25) is 0 Å². The van der Waals surface area contributed by atoms with Gasteiger partial charge in [-0.3, -0.25) is 0 Å². The zero-order valence-electron chi connectivity index (χ0n) is 14.7. The summed E-state index contributed by atoms with van der Waals surface area (Å²) in [5.41, 5.74) is 1.72. The van der Waals surface area contributed by atoms with Crippen molar-refractivity contribution >= 4 is 22.0 Å². The maximum absolute atomic E-state index is 12.9. The Morgan fingerprint density at radius 1 is 1.12 bits per heavy atom. The lowest BCUT2D eigenvalue weighted by Crippen LogP contribution is -2.48. The Bertz CT molecular complexity index is 716. The van der Waals surface area contributed by atoms with Crippen molar-refractivity contribution in [1.82, 2.24) is 4.90 Å². The fourth-order valence-electron chi connectivity index (χ4n) is 3.67. The third kappa shape index (κ3) is 3.59. The molecule has 1 heterocycles. The highest BCUT2D eigenvalue weighted by Gasteiger charge is 2.42. The minimum atomic E-state index is -0.507. The van der Waals surface area contributed by atoms with Crippen LogP contribution in [-0.4, -0.2) is 17.5 Å². The Morgan fingerprint density at radius 3 is 2.36 bits per heavy atom. The van der Waals surface area contributed by atoms with Crippen molar-refractivity contribution in [3.63, 3.8) is 0 Å². The lowest BCUT2D eigenvalue weighted by Gasteiger charge is -2.43. The summed E-state index contributed by atoms with van der Waals surface area (Å²) in [5, 5.41) is 0. The van der Waals surface area contributed by atoms with Crippen molar-refractivity contribution in [1.29, 1.82) is 0 Å². The van der Waals surface area contributed by atoms with Gasteiger partial charge in [-0.1, -0.05) is 72.2 Å². The Labute approximate surface area is 158 Å². The second kappa shape index (κ2) is 7.61. The number of carbonyl (C=O) groups excluding carboxylic acids is 1. The molecule has 0 spiro atoms. The van der Waals surface area contributed by atoms with E-state index in [-0.39, 0.29) is 12.1 Å². The molecule has 2 aromatic carbocycles. The first kappa shape index (κ1) is 18.0. The van der Waals surface area contributed by atoms with Gasteiger partial charge in [-0.05, 0) is 36.1 Å². The number of carbonyl (C=O) groups is 1. The minimum Gasteiger partial charge on any atom is -0.438 e. The Kier molecular flexibility index (Phi) is 5.48. The molecule has 1 aliphatic rings. The minimum absolute atomic E-state index is 0.0474. The molecule has 2 aromatic rings. The van der Waals surface area contributed by atoms with Crippen molar-refractivity contribution in [2.75, 3.05) is 6.54 Å². The summed E-state index contributed by atoms with van der Waals surface area (Å²) < 4.78 is 7.07. The van der Waals surface area contributed by atoms with Crippen molar-refractivity contribution in [2.24, 2.45) is 0 Å². The van der Waals surface area contributed by atoms with E-state index in [1.807, 2.05) is 35.2 Å². The normalized spacial score (nSPS) is 21.7. The molecule has 132 valence electrons. The molecule has 1 fully saturated rings. The van der Waals surface area contributed by atoms with Gasteiger partial charge in [0.05, 0.1) is 6.04 Å². The molecule has 3 rings (SSSR count). The van der Waals surface area contributed by atoms with E-state index < -0.39 is 5.60 Å². The molecular formula is C21H24BrNO2. The van der Waals surface area contributed by atoms with Crippen molar-refractivity contribution < 1.29 is 9.53 Å². The van der Waals surface area contributed by atoms with E-state index in [0.29, 0.717) is 6.54 Å². The van der Waals surface area contributed by atoms with E-state index in [4.69, 9.17) is 4.74 Å². The van der Waals surface area contributed by atoms with Crippen LogP contribution in [-0.2, 0) is 10.3 Å². The topological polar surface area (TPSA) is 29.5 Å². The average Bonchev–Trinajstić information content (AvgIpc) is 2.65. The lowest BCUT2D eigenvalue weighted by molar-refractivity contribution is -0.0646. The fraction of sp³-hybridized carbons (Fsp3) is 0.381. The van der Waals surface area contributed by atoms with Crippen LogP contribution in [0.5, 0.6) is 0 Å². The van der Waals surface area contributed by atoms with Gasteiger partial charge in [0, 0.05) is 17.4 Å². The van der Waals surface area contributed by atoms with E-state index in [1.54, 1.807) is 0 Å². The van der Waals surface area contributed by atoms with Crippen LogP contribution in [0.4, 0.5) is 4.79 Å². The predicted octanol–water partition coefficient (Wildman–Crippen LogP) is 6.05. The maximum atomic E-state index is 12.9. The summed E-state index contributed by atoms with van der Waals surface area (Å²) in [4.78, 5) is 14.8. The molecule has 0 aromatic heterocycles. The van der Waals surface area contributed by atoms with E-state index in [9.17, 15) is 4.79 Å². The van der Waals surface area contributed by atoms with Crippen molar-refractivity contribution in [3.8, 4) is 0 Å². The van der Waals surface area contributed by atoms with Gasteiger partial charge in [0.2, 0.25) is 0 Å². The third-order valence-corrected chi connectivity index (χ3v) is 5.69. The number of cyclic esters (lactones) is 1. The first-order valence-electron chi connectivity index (χ1n) is 8.90. The largest absolute Gasteiger partial charge is 0.438 e. The molecule has 1 saturated heterocycles. The van der Waals surface area contributed by atoms with Gasteiger partial charge in [0.25, 0.3) is 0 Å². The van der Waals surface area contributed by atoms with Gasteiger partial charge >= 0.3 is 6.09 Å². The van der Waals surface area contributed by atoms with Gasteiger partial charge in [-0.2, -0.15) is 0 Å².